The van der Waals surface area contributed by atoms with E-state index >= 15 is 0 Å². The van der Waals surface area contributed by atoms with E-state index in [9.17, 15) is 12.8 Å². The summed E-state index contributed by atoms with van der Waals surface area (Å²) in [6.45, 7) is 0.0517. The maximum Gasteiger partial charge on any atom is 0.233 e. The van der Waals surface area contributed by atoms with E-state index in [0.29, 0.717) is 17.2 Å². The van der Waals surface area contributed by atoms with Gasteiger partial charge in [0.25, 0.3) is 0 Å². The lowest BCUT2D eigenvalue weighted by Crippen LogP contribution is -2.22. The van der Waals surface area contributed by atoms with Crippen LogP contribution >= 0.6 is 0 Å². The normalized spacial score (nSPS) is 11.1. The molecule has 0 aliphatic rings. The first-order valence-electron chi connectivity index (χ1n) is 6.22. The molecule has 112 valence electrons. The Kier molecular flexibility index (Phi) is 4.77. The van der Waals surface area contributed by atoms with Gasteiger partial charge in [0, 0.05) is 18.3 Å². The summed E-state index contributed by atoms with van der Waals surface area (Å²) < 4.78 is 44.0. The molecule has 0 saturated heterocycles. The van der Waals surface area contributed by atoms with E-state index in [-0.39, 0.29) is 12.3 Å². The van der Waals surface area contributed by atoms with Crippen molar-refractivity contribution in [3.63, 3.8) is 0 Å². The van der Waals surface area contributed by atoms with Gasteiger partial charge in [-0.1, -0.05) is 6.07 Å². The highest BCUT2D eigenvalue weighted by atomic mass is 32.2. The maximum absolute atomic E-state index is 13.0. The number of halogens is 1. The predicted molar refractivity (Wildman–Crippen MR) is 79.4 cm³/mol. The standard InChI is InChI=1S/C14H15FN2O3S/c15-11-2-1-3-14(10-11)20-13-6-4-12(5-7-13)17-21(18,19)9-8-16/h1-7,10,17H,8-9,16H2. The summed E-state index contributed by atoms with van der Waals surface area (Å²) >= 11 is 0. The molecule has 0 saturated carbocycles. The van der Waals surface area contributed by atoms with E-state index in [1.807, 2.05) is 0 Å². The number of nitrogens with one attached hydrogen (secondary N) is 1. The highest BCUT2D eigenvalue weighted by molar-refractivity contribution is 7.92. The Morgan fingerprint density at radius 3 is 2.43 bits per heavy atom. The largest absolute Gasteiger partial charge is 0.457 e. The van der Waals surface area contributed by atoms with Crippen LogP contribution in [0.3, 0.4) is 0 Å². The molecule has 0 bridgehead atoms. The van der Waals surface area contributed by atoms with Crippen molar-refractivity contribution in [3.8, 4) is 11.5 Å². The second kappa shape index (κ2) is 6.55. The van der Waals surface area contributed by atoms with Crippen LogP contribution in [0.5, 0.6) is 11.5 Å². The average Bonchev–Trinajstić information content (AvgIpc) is 2.40. The second-order valence-corrected chi connectivity index (χ2v) is 6.14. The SMILES string of the molecule is NCCS(=O)(=O)Nc1ccc(Oc2cccc(F)c2)cc1. The smallest absolute Gasteiger partial charge is 0.233 e. The summed E-state index contributed by atoms with van der Waals surface area (Å²) in [6, 6.07) is 12.0. The summed E-state index contributed by atoms with van der Waals surface area (Å²) in [4.78, 5) is 0. The van der Waals surface area contributed by atoms with Gasteiger partial charge in [-0.3, -0.25) is 4.72 Å². The molecule has 0 amide bonds. The van der Waals surface area contributed by atoms with Gasteiger partial charge in [0.2, 0.25) is 10.0 Å². The van der Waals surface area contributed by atoms with Crippen LogP contribution in [0, 0.1) is 5.82 Å². The number of hydrogen-bond donors (Lipinski definition) is 2. The molecule has 0 spiro atoms. The number of ether oxygens (including phenoxy) is 1. The topological polar surface area (TPSA) is 81.4 Å². The number of sulfonamides is 1. The van der Waals surface area contributed by atoms with E-state index in [0.717, 1.165) is 0 Å². The first-order chi connectivity index (χ1) is 9.98. The zero-order valence-corrected chi connectivity index (χ0v) is 11.9. The number of anilines is 1. The van der Waals surface area contributed by atoms with Gasteiger partial charge in [-0.05, 0) is 36.4 Å². The lowest BCUT2D eigenvalue weighted by atomic mass is 10.3. The minimum absolute atomic E-state index is 0.0517. The third-order valence-corrected chi connectivity index (χ3v) is 3.87. The molecular weight excluding hydrogens is 295 g/mol. The predicted octanol–water partition coefficient (Wildman–Crippen LogP) is 2.32. The average molecular weight is 310 g/mol. The van der Waals surface area contributed by atoms with Crippen LogP contribution in [0.1, 0.15) is 0 Å². The molecule has 2 rings (SSSR count). The van der Waals surface area contributed by atoms with Crippen molar-refractivity contribution in [2.45, 2.75) is 0 Å². The van der Waals surface area contributed by atoms with Crippen molar-refractivity contribution < 1.29 is 17.5 Å². The molecule has 0 heterocycles. The first kappa shape index (κ1) is 15.3. The van der Waals surface area contributed by atoms with Crippen molar-refractivity contribution in [2.75, 3.05) is 17.0 Å². The van der Waals surface area contributed by atoms with Gasteiger partial charge in [0.05, 0.1) is 5.75 Å². The summed E-state index contributed by atoms with van der Waals surface area (Å²) in [5, 5.41) is 0. The number of rotatable bonds is 6. The Morgan fingerprint density at radius 1 is 1.10 bits per heavy atom. The maximum atomic E-state index is 13.0. The minimum atomic E-state index is -3.43. The Bertz CT molecular complexity index is 702. The summed E-state index contributed by atoms with van der Waals surface area (Å²) in [7, 11) is -3.43. The van der Waals surface area contributed by atoms with Crippen molar-refractivity contribution in [1.29, 1.82) is 0 Å². The molecule has 2 aromatic rings. The Labute approximate surface area is 122 Å². The molecule has 0 aromatic heterocycles. The summed E-state index contributed by atoms with van der Waals surface area (Å²) in [6.07, 6.45) is 0. The molecule has 0 fully saturated rings. The molecule has 0 aliphatic carbocycles. The molecule has 5 nitrogen and oxygen atoms in total. The van der Waals surface area contributed by atoms with Crippen LogP contribution in [0.15, 0.2) is 48.5 Å². The lowest BCUT2D eigenvalue weighted by molar-refractivity contribution is 0.477. The molecule has 21 heavy (non-hydrogen) atoms. The minimum Gasteiger partial charge on any atom is -0.457 e. The third kappa shape index (κ3) is 4.73. The molecule has 0 unspecified atom stereocenters. The van der Waals surface area contributed by atoms with Crippen LogP contribution in [-0.4, -0.2) is 20.7 Å². The number of hydrogen-bond acceptors (Lipinski definition) is 4. The highest BCUT2D eigenvalue weighted by Gasteiger charge is 2.08. The lowest BCUT2D eigenvalue weighted by Gasteiger charge is -2.09. The fourth-order valence-electron chi connectivity index (χ4n) is 1.64. The van der Waals surface area contributed by atoms with Crippen LogP contribution in [0.2, 0.25) is 0 Å². The fraction of sp³-hybridized carbons (Fsp3) is 0.143. The second-order valence-electron chi connectivity index (χ2n) is 4.29. The molecular formula is C14H15FN2O3S. The van der Waals surface area contributed by atoms with E-state index in [1.54, 1.807) is 36.4 Å². The van der Waals surface area contributed by atoms with E-state index < -0.39 is 15.8 Å². The van der Waals surface area contributed by atoms with Crippen molar-refractivity contribution >= 4 is 15.7 Å². The van der Waals surface area contributed by atoms with Crippen molar-refractivity contribution in [2.24, 2.45) is 5.73 Å². The van der Waals surface area contributed by atoms with E-state index in [1.165, 1.54) is 12.1 Å². The van der Waals surface area contributed by atoms with E-state index in [4.69, 9.17) is 10.5 Å². The van der Waals surface area contributed by atoms with E-state index in [2.05, 4.69) is 4.72 Å². The van der Waals surface area contributed by atoms with Crippen LogP contribution < -0.4 is 15.2 Å². The molecule has 3 N–H and O–H groups in total. The quantitative estimate of drug-likeness (QED) is 0.858. The summed E-state index contributed by atoms with van der Waals surface area (Å²) in [5.74, 6) is 0.307. The van der Waals surface area contributed by atoms with Crippen LogP contribution in [0.4, 0.5) is 10.1 Å². The van der Waals surface area contributed by atoms with Gasteiger partial charge in [0.1, 0.15) is 17.3 Å². The van der Waals surface area contributed by atoms with Gasteiger partial charge < -0.3 is 10.5 Å². The number of benzene rings is 2. The fourth-order valence-corrected chi connectivity index (χ4v) is 2.55. The van der Waals surface area contributed by atoms with Crippen molar-refractivity contribution in [1.82, 2.24) is 0 Å². The third-order valence-electron chi connectivity index (χ3n) is 2.55. The van der Waals surface area contributed by atoms with Gasteiger partial charge in [-0.2, -0.15) is 0 Å². The Morgan fingerprint density at radius 2 is 1.81 bits per heavy atom. The highest BCUT2D eigenvalue weighted by Crippen LogP contribution is 2.23. The van der Waals surface area contributed by atoms with Gasteiger partial charge >= 0.3 is 0 Å². The van der Waals surface area contributed by atoms with Gasteiger partial charge in [0.15, 0.2) is 0 Å². The molecule has 0 radical (unpaired) electrons. The first-order valence-corrected chi connectivity index (χ1v) is 7.88. The Balaban J connectivity index is 2.05. The molecule has 0 atom stereocenters. The number of nitrogens with two attached hydrogens (primary N) is 1. The summed E-state index contributed by atoms with van der Waals surface area (Å²) in [5.41, 5.74) is 5.63. The zero-order valence-electron chi connectivity index (χ0n) is 11.1. The molecule has 2 aromatic carbocycles. The van der Waals surface area contributed by atoms with Crippen molar-refractivity contribution in [3.05, 3.63) is 54.3 Å². The van der Waals surface area contributed by atoms with Gasteiger partial charge in [-0.15, -0.1) is 0 Å². The Hall–Kier alpha value is -2.12. The van der Waals surface area contributed by atoms with Crippen LogP contribution in [0.25, 0.3) is 0 Å². The zero-order chi connectivity index (χ0) is 15.3. The van der Waals surface area contributed by atoms with Gasteiger partial charge in [-0.25, -0.2) is 12.8 Å². The van der Waals surface area contributed by atoms with Crippen LogP contribution in [-0.2, 0) is 10.0 Å². The molecule has 0 aliphatic heterocycles. The monoisotopic (exact) mass is 310 g/mol. The molecule has 7 heteroatoms.